The van der Waals surface area contributed by atoms with Crippen molar-refractivity contribution < 1.29 is 4.79 Å². The van der Waals surface area contributed by atoms with E-state index in [2.05, 4.69) is 32.0 Å². The topological polar surface area (TPSA) is 46.3 Å². The Bertz CT molecular complexity index is 502. The van der Waals surface area contributed by atoms with Gasteiger partial charge in [0, 0.05) is 25.6 Å². The fourth-order valence-corrected chi connectivity index (χ4v) is 3.02. The number of carbonyl (C=O) groups excluding carboxylic acids is 1. The van der Waals surface area contributed by atoms with E-state index in [1.54, 1.807) is 6.92 Å². The molecule has 0 saturated carbocycles. The van der Waals surface area contributed by atoms with Gasteiger partial charge in [0.2, 0.25) is 5.91 Å². The van der Waals surface area contributed by atoms with Gasteiger partial charge in [-0.3, -0.25) is 4.79 Å². The Morgan fingerprint density at radius 2 is 2.00 bits per heavy atom. The third-order valence-corrected chi connectivity index (χ3v) is 4.29. The van der Waals surface area contributed by atoms with Gasteiger partial charge in [0.1, 0.15) is 0 Å². The minimum Gasteiger partial charge on any atom is -0.334 e. The molecule has 0 atom stereocenters. The zero-order chi connectivity index (χ0) is 15.5. The third-order valence-electron chi connectivity index (χ3n) is 4.29. The van der Waals surface area contributed by atoms with Gasteiger partial charge >= 0.3 is 0 Å². The van der Waals surface area contributed by atoms with Crippen molar-refractivity contribution in [3.8, 4) is 0 Å². The summed E-state index contributed by atoms with van der Waals surface area (Å²) in [4.78, 5) is 13.5. The highest BCUT2D eigenvalue weighted by Gasteiger charge is 2.22. The molecule has 1 aromatic rings. The molecule has 0 spiro atoms. The molecule has 0 aliphatic carbocycles. The van der Waals surface area contributed by atoms with Crippen LogP contribution in [0.5, 0.6) is 0 Å². The molecule has 2 N–H and O–H groups in total. The van der Waals surface area contributed by atoms with Crippen molar-refractivity contribution in [2.45, 2.75) is 71.5 Å². The maximum atomic E-state index is 11.5. The maximum Gasteiger partial charge on any atom is 0.220 e. The predicted octanol–water partition coefficient (Wildman–Crippen LogP) is 3.39. The van der Waals surface area contributed by atoms with Crippen LogP contribution in [0.15, 0.2) is 18.2 Å². The Balaban J connectivity index is 1.86. The molecule has 0 aromatic heterocycles. The number of hydrogen-bond donors (Lipinski definition) is 1. The lowest BCUT2D eigenvalue weighted by molar-refractivity contribution is -0.129. The van der Waals surface area contributed by atoms with Crippen molar-refractivity contribution in [1.29, 1.82) is 0 Å². The molecule has 1 aliphatic heterocycles. The molecule has 2 rings (SSSR count). The van der Waals surface area contributed by atoms with Crippen LogP contribution in [0.25, 0.3) is 0 Å². The fraction of sp³-hybridized carbons (Fsp3) is 0.611. The molecule has 1 amide bonds. The molecular weight excluding hydrogens is 260 g/mol. The summed E-state index contributed by atoms with van der Waals surface area (Å²) in [5.74, 6) is 0.169. The summed E-state index contributed by atoms with van der Waals surface area (Å²) in [6.45, 7) is 7.40. The largest absolute Gasteiger partial charge is 0.334 e. The number of rotatable bonds is 6. The first kappa shape index (κ1) is 16.0. The maximum absolute atomic E-state index is 11.5. The molecular formula is C18H28N2O. The number of carbonyl (C=O) groups is 1. The van der Waals surface area contributed by atoms with Gasteiger partial charge in [0.25, 0.3) is 0 Å². The van der Waals surface area contributed by atoms with E-state index in [0.717, 1.165) is 25.9 Å². The first-order valence-electron chi connectivity index (χ1n) is 8.01. The van der Waals surface area contributed by atoms with Gasteiger partial charge < -0.3 is 10.6 Å². The van der Waals surface area contributed by atoms with Crippen LogP contribution in [-0.2, 0) is 24.3 Å². The molecule has 21 heavy (non-hydrogen) atoms. The van der Waals surface area contributed by atoms with Gasteiger partial charge in [-0.15, -0.1) is 0 Å². The summed E-state index contributed by atoms with van der Waals surface area (Å²) < 4.78 is 0. The van der Waals surface area contributed by atoms with Gasteiger partial charge in [-0.2, -0.15) is 0 Å². The lowest BCUT2D eigenvalue weighted by Gasteiger charge is -2.17. The Kier molecular flexibility index (Phi) is 5.04. The molecule has 1 aliphatic rings. The monoisotopic (exact) mass is 288 g/mol. The Morgan fingerprint density at radius 1 is 1.24 bits per heavy atom. The van der Waals surface area contributed by atoms with Crippen molar-refractivity contribution in [3.05, 3.63) is 34.9 Å². The van der Waals surface area contributed by atoms with Gasteiger partial charge in [0.15, 0.2) is 0 Å². The van der Waals surface area contributed by atoms with E-state index < -0.39 is 0 Å². The first-order valence-corrected chi connectivity index (χ1v) is 8.01. The summed E-state index contributed by atoms with van der Waals surface area (Å²) in [5.41, 5.74) is 10.1. The predicted molar refractivity (Wildman–Crippen MR) is 86.8 cm³/mol. The highest BCUT2D eigenvalue weighted by atomic mass is 16.2. The van der Waals surface area contributed by atoms with E-state index in [4.69, 9.17) is 5.73 Å². The second-order valence-electron chi connectivity index (χ2n) is 6.98. The second kappa shape index (κ2) is 6.61. The normalized spacial score (nSPS) is 14.4. The van der Waals surface area contributed by atoms with E-state index in [1.165, 1.54) is 36.0 Å². The number of fused-ring (bicyclic) bond motifs is 1. The number of nitrogens with zero attached hydrogens (tertiary/aromatic N) is 1. The Labute approximate surface area is 128 Å². The van der Waals surface area contributed by atoms with Gasteiger partial charge in [-0.1, -0.05) is 31.0 Å². The van der Waals surface area contributed by atoms with Crippen LogP contribution in [0.2, 0.25) is 0 Å². The van der Waals surface area contributed by atoms with Gasteiger partial charge in [-0.25, -0.2) is 0 Å². The lowest BCUT2D eigenvalue weighted by atomic mass is 9.95. The summed E-state index contributed by atoms with van der Waals surface area (Å²) in [6, 6.07) is 6.49. The Morgan fingerprint density at radius 3 is 2.67 bits per heavy atom. The van der Waals surface area contributed by atoms with Crippen molar-refractivity contribution in [1.82, 2.24) is 4.90 Å². The summed E-state index contributed by atoms with van der Waals surface area (Å²) in [7, 11) is 0. The Hall–Kier alpha value is -1.35. The van der Waals surface area contributed by atoms with Crippen molar-refractivity contribution >= 4 is 5.91 Å². The molecule has 0 bridgehead atoms. The van der Waals surface area contributed by atoms with Crippen LogP contribution >= 0.6 is 0 Å². The number of aryl methyl sites for hydroxylation is 1. The van der Waals surface area contributed by atoms with Crippen LogP contribution in [0, 0.1) is 0 Å². The van der Waals surface area contributed by atoms with Crippen molar-refractivity contribution in [2.75, 3.05) is 0 Å². The fourth-order valence-electron chi connectivity index (χ4n) is 3.02. The minimum absolute atomic E-state index is 0.0457. The number of amides is 1. The average molecular weight is 288 g/mol. The molecule has 1 heterocycles. The zero-order valence-corrected chi connectivity index (χ0v) is 13.6. The van der Waals surface area contributed by atoms with E-state index in [9.17, 15) is 4.79 Å². The summed E-state index contributed by atoms with van der Waals surface area (Å²) in [5, 5.41) is 0. The van der Waals surface area contributed by atoms with E-state index in [-0.39, 0.29) is 11.4 Å². The standard InChI is InChI=1S/C18H28N2O/c1-14(21)20-12-16-10-7-9-15(17(16)13-20)8-5-4-6-11-18(2,3)19/h7,9-10H,4-6,8,11-13,19H2,1-3H3. The lowest BCUT2D eigenvalue weighted by Crippen LogP contribution is -2.31. The van der Waals surface area contributed by atoms with Crippen LogP contribution in [-0.4, -0.2) is 16.3 Å². The third kappa shape index (κ3) is 4.57. The smallest absolute Gasteiger partial charge is 0.220 e. The summed E-state index contributed by atoms with van der Waals surface area (Å²) in [6.07, 6.45) is 5.81. The second-order valence-corrected chi connectivity index (χ2v) is 6.98. The summed E-state index contributed by atoms with van der Waals surface area (Å²) >= 11 is 0. The van der Waals surface area contributed by atoms with Crippen LogP contribution in [0.3, 0.4) is 0 Å². The molecule has 3 heteroatoms. The molecule has 0 saturated heterocycles. The average Bonchev–Trinajstić information content (AvgIpc) is 2.82. The van der Waals surface area contributed by atoms with Crippen molar-refractivity contribution in [2.24, 2.45) is 5.73 Å². The first-order chi connectivity index (χ1) is 9.87. The van der Waals surface area contributed by atoms with Crippen LogP contribution in [0.1, 0.15) is 63.1 Å². The molecule has 0 unspecified atom stereocenters. The van der Waals surface area contributed by atoms with Gasteiger partial charge in [0.05, 0.1) is 0 Å². The molecule has 0 fully saturated rings. The SMILES string of the molecule is CC(=O)N1Cc2cccc(CCCCCC(C)(C)N)c2C1. The zero-order valence-electron chi connectivity index (χ0n) is 13.6. The molecule has 1 aromatic carbocycles. The number of nitrogens with two attached hydrogens (primary N) is 1. The van der Waals surface area contributed by atoms with Gasteiger partial charge in [-0.05, 0) is 49.8 Å². The molecule has 3 nitrogen and oxygen atoms in total. The van der Waals surface area contributed by atoms with E-state index >= 15 is 0 Å². The number of hydrogen-bond acceptors (Lipinski definition) is 2. The van der Waals surface area contributed by atoms with E-state index in [0.29, 0.717) is 0 Å². The van der Waals surface area contributed by atoms with E-state index in [1.807, 2.05) is 4.90 Å². The number of unbranched alkanes of at least 4 members (excludes halogenated alkanes) is 2. The molecule has 0 radical (unpaired) electrons. The molecule has 116 valence electrons. The van der Waals surface area contributed by atoms with Crippen molar-refractivity contribution in [3.63, 3.8) is 0 Å². The quantitative estimate of drug-likeness (QED) is 0.816. The highest BCUT2D eigenvalue weighted by Crippen LogP contribution is 2.27. The highest BCUT2D eigenvalue weighted by molar-refractivity contribution is 5.74. The number of benzene rings is 1. The van der Waals surface area contributed by atoms with Crippen LogP contribution in [0.4, 0.5) is 0 Å². The van der Waals surface area contributed by atoms with Crippen LogP contribution < -0.4 is 5.73 Å². The minimum atomic E-state index is -0.0457.